The molecule has 3 rings (SSSR count). The first-order chi connectivity index (χ1) is 26.7. The largest absolute Gasteiger partial charge is 0.472 e. The van der Waals surface area contributed by atoms with Crippen LogP contribution < -0.4 is 5.73 Å². The van der Waals surface area contributed by atoms with Crippen LogP contribution in [-0.2, 0) is 36.1 Å². The van der Waals surface area contributed by atoms with Gasteiger partial charge in [-0.1, -0.05) is 122 Å². The van der Waals surface area contributed by atoms with Crippen molar-refractivity contribution < 1.29 is 37.5 Å². The first-order valence-corrected chi connectivity index (χ1v) is 21.4. The predicted molar refractivity (Wildman–Crippen MR) is 208 cm³/mol. The van der Waals surface area contributed by atoms with Gasteiger partial charge in [-0.05, 0) is 36.2 Å². The summed E-state index contributed by atoms with van der Waals surface area (Å²) in [4.78, 5) is 14.4. The van der Waals surface area contributed by atoms with Gasteiger partial charge >= 0.3 is 7.82 Å². The van der Waals surface area contributed by atoms with Gasteiger partial charge in [-0.25, -0.2) is 18.5 Å². The Kier molecular flexibility index (Phi) is 21.9. The highest BCUT2D eigenvalue weighted by Crippen LogP contribution is 2.44. The molecule has 15 heteroatoms. The van der Waals surface area contributed by atoms with Crippen molar-refractivity contribution in [3.05, 3.63) is 59.3 Å². The van der Waals surface area contributed by atoms with E-state index in [0.29, 0.717) is 23.2 Å². The number of fused-ring (bicyclic) bond motifs is 1. The molecular weight excluding hydrogens is 726 g/mol. The lowest BCUT2D eigenvalue weighted by Gasteiger charge is -2.23. The summed E-state index contributed by atoms with van der Waals surface area (Å²) in [5, 5.41) is 33.2. The van der Waals surface area contributed by atoms with Crippen molar-refractivity contribution in [3.63, 3.8) is 0 Å². The van der Waals surface area contributed by atoms with Crippen molar-refractivity contribution >= 4 is 19.2 Å². The Hall–Kier alpha value is -3.62. The molecule has 0 saturated heterocycles. The van der Waals surface area contributed by atoms with Gasteiger partial charge in [-0.2, -0.15) is 15.6 Å². The number of unbranched alkanes of at least 4 members (excludes halogenated alkanes) is 16. The van der Waals surface area contributed by atoms with Crippen LogP contribution in [0.3, 0.4) is 0 Å². The molecule has 304 valence electrons. The van der Waals surface area contributed by atoms with Gasteiger partial charge in [-0.15, -0.1) is 0 Å². The van der Waals surface area contributed by atoms with Gasteiger partial charge in [-0.3, -0.25) is 9.05 Å². The normalized spacial score (nSPS) is 14.2. The highest BCUT2D eigenvalue weighted by molar-refractivity contribution is 7.47. The third-order valence-corrected chi connectivity index (χ3v) is 10.7. The molecule has 1 aromatic carbocycles. The minimum atomic E-state index is -4.69. The number of aliphatic hydroxyl groups is 1. The fraction of sp³-hybridized carbons (Fsp3) is 0.650. The molecule has 0 radical (unpaired) electrons. The van der Waals surface area contributed by atoms with Gasteiger partial charge < -0.3 is 25.2 Å². The molecular formula is C40H60FN6O7P. The SMILES string of the molecule is CCCCCCCCCCCCCCCCCCC[C@H](COP(=O)(O)OC[C@@H](OC#N)[C@@H](O)Cc1ccc2c(N)ncnn12)OCc1ccc(C#N)c(F)c1. The third kappa shape index (κ3) is 17.8. The number of nitriles is 2. The van der Waals surface area contributed by atoms with E-state index in [0.717, 1.165) is 25.7 Å². The van der Waals surface area contributed by atoms with E-state index < -0.39 is 38.6 Å². The molecule has 13 nitrogen and oxygen atoms in total. The Morgan fingerprint density at radius 1 is 0.891 bits per heavy atom. The van der Waals surface area contributed by atoms with Crippen LogP contribution in [0.4, 0.5) is 10.2 Å². The summed E-state index contributed by atoms with van der Waals surface area (Å²) in [6, 6.07) is 9.35. The lowest BCUT2D eigenvalue weighted by Crippen LogP contribution is -2.34. The van der Waals surface area contributed by atoms with Crippen LogP contribution in [0.25, 0.3) is 5.52 Å². The second-order valence-corrected chi connectivity index (χ2v) is 15.6. The van der Waals surface area contributed by atoms with Gasteiger partial charge in [0.15, 0.2) is 11.9 Å². The maximum atomic E-state index is 14.2. The lowest BCUT2D eigenvalue weighted by atomic mass is 10.0. The number of anilines is 1. The number of halogens is 1. The number of ether oxygens (including phenoxy) is 2. The zero-order valence-corrected chi connectivity index (χ0v) is 33.2. The second-order valence-electron chi connectivity index (χ2n) is 14.2. The van der Waals surface area contributed by atoms with Crippen LogP contribution in [-0.4, -0.2) is 56.1 Å². The number of aromatic nitrogens is 3. The van der Waals surface area contributed by atoms with E-state index in [9.17, 15) is 19.0 Å². The summed E-state index contributed by atoms with van der Waals surface area (Å²) < 4.78 is 50.0. The molecule has 4 N–H and O–H groups in total. The molecule has 2 heterocycles. The summed E-state index contributed by atoms with van der Waals surface area (Å²) in [7, 11) is -4.69. The van der Waals surface area contributed by atoms with Gasteiger partial charge in [0.05, 0.1) is 37.6 Å². The molecule has 0 aliphatic carbocycles. The lowest BCUT2D eigenvalue weighted by molar-refractivity contribution is -0.0282. The Labute approximate surface area is 325 Å². The molecule has 0 bridgehead atoms. The quantitative estimate of drug-likeness (QED) is 0.0319. The molecule has 55 heavy (non-hydrogen) atoms. The number of hydrogen-bond donors (Lipinski definition) is 3. The number of phosphoric acid groups is 1. The molecule has 0 saturated carbocycles. The maximum absolute atomic E-state index is 14.2. The number of benzene rings is 1. The maximum Gasteiger partial charge on any atom is 0.472 e. The number of aliphatic hydroxyl groups excluding tert-OH is 1. The monoisotopic (exact) mass is 786 g/mol. The third-order valence-electron chi connectivity index (χ3n) is 9.71. The first kappa shape index (κ1) is 45.8. The fourth-order valence-corrected chi connectivity index (χ4v) is 7.21. The van der Waals surface area contributed by atoms with E-state index in [1.165, 1.54) is 113 Å². The topological polar surface area (TPSA) is 198 Å². The van der Waals surface area contributed by atoms with E-state index >= 15 is 0 Å². The van der Waals surface area contributed by atoms with Crippen molar-refractivity contribution in [2.45, 2.75) is 154 Å². The summed E-state index contributed by atoms with van der Waals surface area (Å²) in [6.07, 6.45) is 21.2. The number of phosphoric ester groups is 1. The summed E-state index contributed by atoms with van der Waals surface area (Å²) >= 11 is 0. The summed E-state index contributed by atoms with van der Waals surface area (Å²) in [6.45, 7) is 1.33. The van der Waals surface area contributed by atoms with Crippen molar-refractivity contribution in [1.82, 2.24) is 14.6 Å². The summed E-state index contributed by atoms with van der Waals surface area (Å²) in [5.74, 6) is -0.407. The number of nitrogens with two attached hydrogens (primary N) is 1. The summed E-state index contributed by atoms with van der Waals surface area (Å²) in [5.41, 5.74) is 7.38. The van der Waals surface area contributed by atoms with Gasteiger partial charge in [0, 0.05) is 12.1 Å². The molecule has 0 aliphatic rings. The minimum Gasteiger partial charge on any atom is -0.419 e. The van der Waals surface area contributed by atoms with Crippen molar-refractivity contribution in [3.8, 4) is 12.3 Å². The van der Waals surface area contributed by atoms with E-state index in [-0.39, 0.29) is 31.0 Å². The average Bonchev–Trinajstić information content (AvgIpc) is 3.58. The predicted octanol–water partition coefficient (Wildman–Crippen LogP) is 8.85. The van der Waals surface area contributed by atoms with E-state index in [4.69, 9.17) is 34.8 Å². The van der Waals surface area contributed by atoms with E-state index in [2.05, 4.69) is 17.0 Å². The van der Waals surface area contributed by atoms with Crippen LogP contribution in [0.5, 0.6) is 0 Å². The highest BCUT2D eigenvalue weighted by atomic mass is 31.2. The smallest absolute Gasteiger partial charge is 0.419 e. The average molecular weight is 787 g/mol. The van der Waals surface area contributed by atoms with Crippen LogP contribution in [0.2, 0.25) is 0 Å². The van der Waals surface area contributed by atoms with Gasteiger partial charge in [0.2, 0.25) is 0 Å². The Balaban J connectivity index is 1.41. The molecule has 0 fully saturated rings. The second kappa shape index (κ2) is 26.3. The van der Waals surface area contributed by atoms with Crippen LogP contribution in [0, 0.1) is 28.7 Å². The fourth-order valence-electron chi connectivity index (χ4n) is 6.45. The van der Waals surface area contributed by atoms with E-state index in [1.54, 1.807) is 24.3 Å². The molecule has 4 atom stereocenters. The molecule has 1 unspecified atom stereocenters. The first-order valence-electron chi connectivity index (χ1n) is 19.9. The molecule has 2 aromatic heterocycles. The number of nitrogen functional groups attached to an aromatic ring is 1. The van der Waals surface area contributed by atoms with Crippen LogP contribution in [0.15, 0.2) is 36.7 Å². The zero-order valence-electron chi connectivity index (χ0n) is 32.3. The zero-order chi connectivity index (χ0) is 39.7. The number of rotatable bonds is 31. The van der Waals surface area contributed by atoms with E-state index in [1.807, 2.05) is 0 Å². The van der Waals surface area contributed by atoms with Crippen molar-refractivity contribution in [2.75, 3.05) is 18.9 Å². The standard InChI is InChI=1S/C40H60FN6O7P/c1-2-3-4-5-6-7-8-9-10-11-12-13-14-15-16-17-18-19-35(51-27-32-20-21-33(26-42)36(41)24-32)28-53-55(49,50)54-29-39(52-30-43)38(48)25-34-22-23-37-40(44)45-31-46-47(34)37/h20-24,31,35,38-39,48H,2-19,25,27-29H2,1H3,(H,49,50)(H2,44,45,46)/t35-,38+,39-/m1/s1. The van der Waals surface area contributed by atoms with Crippen molar-refractivity contribution in [2.24, 2.45) is 0 Å². The highest BCUT2D eigenvalue weighted by Gasteiger charge is 2.30. The Morgan fingerprint density at radius 3 is 2.07 bits per heavy atom. The van der Waals surface area contributed by atoms with Gasteiger partial charge in [0.1, 0.15) is 23.7 Å². The van der Waals surface area contributed by atoms with Gasteiger partial charge in [0.25, 0.3) is 6.26 Å². The van der Waals surface area contributed by atoms with Crippen LogP contribution in [0.1, 0.15) is 139 Å². The Morgan fingerprint density at radius 2 is 1.49 bits per heavy atom. The number of hydrogen-bond acceptors (Lipinski definition) is 11. The Bertz CT molecular complexity index is 1660. The molecule has 0 spiro atoms. The molecule has 3 aromatic rings. The minimum absolute atomic E-state index is 0.00145. The molecule has 0 amide bonds. The molecule has 0 aliphatic heterocycles. The van der Waals surface area contributed by atoms with Crippen LogP contribution >= 0.6 is 7.82 Å². The van der Waals surface area contributed by atoms with Crippen molar-refractivity contribution in [1.29, 1.82) is 10.5 Å². The number of nitrogens with zero attached hydrogens (tertiary/aromatic N) is 5.